The third kappa shape index (κ3) is 4.92. The summed E-state index contributed by atoms with van der Waals surface area (Å²) < 4.78 is 12.4. The van der Waals surface area contributed by atoms with Crippen LogP contribution in [0.2, 0.25) is 0 Å². The van der Waals surface area contributed by atoms with Gasteiger partial charge in [0.2, 0.25) is 11.8 Å². The van der Waals surface area contributed by atoms with Crippen LogP contribution in [0.5, 0.6) is 0 Å². The lowest BCUT2D eigenvalue weighted by Gasteiger charge is -2.35. The summed E-state index contributed by atoms with van der Waals surface area (Å²) in [6.45, 7) is 3.22. The predicted octanol–water partition coefficient (Wildman–Crippen LogP) is 3.00. The van der Waals surface area contributed by atoms with E-state index in [4.69, 9.17) is 14.6 Å². The Bertz CT molecular complexity index is 1090. The van der Waals surface area contributed by atoms with Crippen molar-refractivity contribution in [1.82, 2.24) is 9.80 Å². The van der Waals surface area contributed by atoms with Crippen LogP contribution < -0.4 is 0 Å². The number of aliphatic hydroxyl groups is 1. The number of hydrogen-bond acceptors (Lipinski definition) is 6. The summed E-state index contributed by atoms with van der Waals surface area (Å²) in [6.07, 6.45) is 11.3. The molecule has 1 aromatic carbocycles. The first kappa shape index (κ1) is 26.6. The van der Waals surface area contributed by atoms with Crippen LogP contribution in [-0.4, -0.2) is 76.2 Å². The molecule has 0 radical (unpaired) electrons. The smallest absolute Gasteiger partial charge is 0.313 e. The lowest BCUT2D eigenvalue weighted by Crippen LogP contribution is -2.55. The fourth-order valence-electron chi connectivity index (χ4n) is 6.43. The number of ether oxygens (including phenoxy) is 2. The first-order valence-electron chi connectivity index (χ1n) is 13.9. The van der Waals surface area contributed by atoms with Gasteiger partial charge in [0.1, 0.15) is 17.6 Å². The van der Waals surface area contributed by atoms with E-state index in [1.165, 1.54) is 0 Å². The van der Waals surface area contributed by atoms with Gasteiger partial charge in [-0.15, -0.1) is 0 Å². The highest BCUT2D eigenvalue weighted by atomic mass is 16.6. The van der Waals surface area contributed by atoms with Crippen molar-refractivity contribution in [1.29, 1.82) is 0 Å². The second-order valence-corrected chi connectivity index (χ2v) is 10.9. The van der Waals surface area contributed by atoms with Crippen molar-refractivity contribution < 1.29 is 29.0 Å². The van der Waals surface area contributed by atoms with E-state index in [0.717, 1.165) is 24.8 Å². The van der Waals surface area contributed by atoms with Gasteiger partial charge in [-0.25, -0.2) is 0 Å². The maximum Gasteiger partial charge on any atom is 0.313 e. The molecule has 0 bridgehead atoms. The molecule has 1 aromatic rings. The zero-order valence-electron chi connectivity index (χ0n) is 22.0. The number of carbonyl (C=O) groups is 3. The van der Waals surface area contributed by atoms with Gasteiger partial charge in [0, 0.05) is 26.2 Å². The number of likely N-dealkylation sites (tertiary alicyclic amines) is 1. The lowest BCUT2D eigenvalue weighted by atomic mass is 9.78. The third-order valence-electron chi connectivity index (χ3n) is 8.26. The van der Waals surface area contributed by atoms with Gasteiger partial charge >= 0.3 is 5.97 Å². The molecule has 1 spiro atoms. The van der Waals surface area contributed by atoms with E-state index in [1.807, 2.05) is 61.6 Å². The molecule has 3 unspecified atom stereocenters. The van der Waals surface area contributed by atoms with E-state index in [9.17, 15) is 14.4 Å². The van der Waals surface area contributed by atoms with Crippen LogP contribution in [0.15, 0.2) is 54.6 Å². The normalized spacial score (nSPS) is 33.5. The van der Waals surface area contributed by atoms with Gasteiger partial charge in [-0.2, -0.15) is 0 Å². The van der Waals surface area contributed by atoms with Gasteiger partial charge in [0.15, 0.2) is 0 Å². The fourth-order valence-corrected chi connectivity index (χ4v) is 6.43. The van der Waals surface area contributed by atoms with Crippen LogP contribution in [0.4, 0.5) is 0 Å². The van der Waals surface area contributed by atoms with Crippen LogP contribution in [0.25, 0.3) is 0 Å². The Morgan fingerprint density at radius 2 is 1.82 bits per heavy atom. The number of unbranched alkanes of at least 4 members (excludes halogenated alkanes) is 3. The maximum absolute atomic E-state index is 14.2. The fraction of sp³-hybridized carbons (Fsp3) is 0.567. The van der Waals surface area contributed by atoms with Gasteiger partial charge in [-0.3, -0.25) is 14.4 Å². The minimum Gasteiger partial charge on any atom is -0.462 e. The molecule has 5 rings (SSSR count). The van der Waals surface area contributed by atoms with Crippen molar-refractivity contribution in [3.05, 3.63) is 60.2 Å². The Morgan fingerprint density at radius 3 is 2.61 bits per heavy atom. The highest BCUT2D eigenvalue weighted by Crippen LogP contribution is 2.53. The van der Waals surface area contributed by atoms with E-state index in [-0.39, 0.29) is 24.5 Å². The van der Waals surface area contributed by atoms with Crippen molar-refractivity contribution in [3.8, 4) is 0 Å². The summed E-state index contributed by atoms with van der Waals surface area (Å²) >= 11 is 0. The molecule has 2 fully saturated rings. The van der Waals surface area contributed by atoms with Crippen LogP contribution >= 0.6 is 0 Å². The molecule has 4 heterocycles. The first-order chi connectivity index (χ1) is 18.5. The average molecular weight is 523 g/mol. The van der Waals surface area contributed by atoms with Gasteiger partial charge in [-0.1, -0.05) is 67.5 Å². The van der Waals surface area contributed by atoms with Crippen molar-refractivity contribution in [3.63, 3.8) is 0 Å². The number of esters is 1. The number of nitrogens with zero attached hydrogens (tertiary/aromatic N) is 2. The van der Waals surface area contributed by atoms with Crippen molar-refractivity contribution >= 4 is 17.8 Å². The lowest BCUT2D eigenvalue weighted by molar-refractivity contribution is -0.158. The Kier molecular flexibility index (Phi) is 8.00. The topological polar surface area (TPSA) is 96.4 Å². The zero-order valence-corrected chi connectivity index (χ0v) is 22.0. The Morgan fingerprint density at radius 1 is 1.03 bits per heavy atom. The van der Waals surface area contributed by atoms with E-state index >= 15 is 0 Å². The molecular formula is C30H38N2O6. The van der Waals surface area contributed by atoms with Crippen LogP contribution in [0.1, 0.15) is 51.0 Å². The monoisotopic (exact) mass is 522 g/mol. The number of rotatable bonds is 8. The number of benzene rings is 1. The Hall–Kier alpha value is -2.97. The highest BCUT2D eigenvalue weighted by Gasteiger charge is 2.71. The molecule has 0 aliphatic carbocycles. The largest absolute Gasteiger partial charge is 0.462 e. The van der Waals surface area contributed by atoms with Gasteiger partial charge in [0.25, 0.3) is 0 Å². The third-order valence-corrected chi connectivity index (χ3v) is 8.26. The minimum absolute atomic E-state index is 0.138. The van der Waals surface area contributed by atoms with E-state index in [1.54, 1.807) is 9.80 Å². The first-order valence-corrected chi connectivity index (χ1v) is 13.9. The summed E-state index contributed by atoms with van der Waals surface area (Å²) in [5.41, 5.74) is -0.224. The molecule has 0 aromatic heterocycles. The average Bonchev–Trinajstić information content (AvgIpc) is 3.31. The molecular weight excluding hydrogens is 484 g/mol. The molecule has 4 aliphatic rings. The second-order valence-electron chi connectivity index (χ2n) is 10.9. The summed E-state index contributed by atoms with van der Waals surface area (Å²) in [5, 5.41) is 9.13. The molecule has 1 N–H and O–H groups in total. The van der Waals surface area contributed by atoms with Crippen LogP contribution in [0, 0.1) is 11.8 Å². The summed E-state index contributed by atoms with van der Waals surface area (Å²) in [5.74, 6) is -2.45. The quantitative estimate of drug-likeness (QED) is 0.320. The number of carbonyl (C=O) groups excluding carboxylic acids is 3. The van der Waals surface area contributed by atoms with Crippen molar-refractivity contribution in [2.75, 3.05) is 19.7 Å². The Labute approximate surface area is 224 Å². The number of hydrogen-bond donors (Lipinski definition) is 1. The molecule has 4 aliphatic heterocycles. The highest BCUT2D eigenvalue weighted by molar-refractivity contribution is 5.99. The van der Waals surface area contributed by atoms with Crippen molar-refractivity contribution in [2.24, 2.45) is 11.8 Å². The molecule has 8 nitrogen and oxygen atoms in total. The van der Waals surface area contributed by atoms with E-state index in [0.29, 0.717) is 38.9 Å². The molecule has 8 heteroatoms. The number of allylic oxidation sites excluding steroid dienone is 1. The van der Waals surface area contributed by atoms with Crippen LogP contribution in [0.3, 0.4) is 0 Å². The number of aliphatic hydroxyl groups excluding tert-OH is 1. The Balaban J connectivity index is 1.50. The molecule has 6 atom stereocenters. The number of fused-ring (bicyclic) bond motifs is 2. The van der Waals surface area contributed by atoms with Gasteiger partial charge in [-0.05, 0) is 38.2 Å². The summed E-state index contributed by atoms with van der Waals surface area (Å²) in [7, 11) is 0. The van der Waals surface area contributed by atoms with E-state index < -0.39 is 35.6 Å². The molecule has 2 amide bonds. The molecule has 38 heavy (non-hydrogen) atoms. The SMILES string of the molecule is CC1CC/C=C\[C@H]2OC34C=CCN(Cc5ccccc5)C(=O)[C@H]3N(CCCCCCO)C(=O)[C@@H]4C2C(=O)O1. The van der Waals surface area contributed by atoms with Crippen molar-refractivity contribution in [2.45, 2.75) is 75.8 Å². The molecule has 0 saturated carbocycles. The van der Waals surface area contributed by atoms with Gasteiger partial charge in [0.05, 0.1) is 18.1 Å². The minimum atomic E-state index is -1.23. The molecule has 204 valence electrons. The van der Waals surface area contributed by atoms with Gasteiger partial charge < -0.3 is 24.4 Å². The summed E-state index contributed by atoms with van der Waals surface area (Å²) in [6, 6.07) is 8.95. The number of amides is 2. The molecule has 2 saturated heterocycles. The zero-order chi connectivity index (χ0) is 26.7. The second kappa shape index (κ2) is 11.4. The number of cyclic esters (lactones) is 1. The van der Waals surface area contributed by atoms with E-state index in [2.05, 4.69) is 0 Å². The predicted molar refractivity (Wildman–Crippen MR) is 141 cm³/mol. The maximum atomic E-state index is 14.2. The van der Waals surface area contributed by atoms with Crippen LogP contribution in [-0.2, 0) is 30.4 Å². The standard InChI is InChI=1S/C30H38N2O6/c1-21-12-7-8-15-23-24(29(36)37-21)25-27(34)32(18-9-2-3-10-19-33)26-28(35)31(17-11-16-30(25,26)38-23)20-22-13-5-4-6-14-22/h4-6,8,11,13-16,21,23-26,33H,2-3,7,9-10,12,17-20H2,1H3/b15-8-/t21?,23-,24?,25+,26-,30?/m1/s1. The summed E-state index contributed by atoms with van der Waals surface area (Å²) in [4.78, 5) is 45.2.